The first-order chi connectivity index (χ1) is 12.7. The van der Waals surface area contributed by atoms with E-state index in [0.717, 1.165) is 22.0 Å². The van der Waals surface area contributed by atoms with E-state index in [-0.39, 0.29) is 25.5 Å². The number of carbonyl (C=O) groups is 1. The van der Waals surface area contributed by atoms with Gasteiger partial charge in [0.25, 0.3) is 5.92 Å². The van der Waals surface area contributed by atoms with Crippen LogP contribution in [0.4, 0.5) is 14.5 Å². The van der Waals surface area contributed by atoms with E-state index in [2.05, 4.69) is 9.21 Å². The van der Waals surface area contributed by atoms with E-state index in [1.54, 1.807) is 18.9 Å². The predicted molar refractivity (Wildman–Crippen MR) is 104 cm³/mol. The Morgan fingerprint density at radius 1 is 1.44 bits per heavy atom. The highest BCUT2D eigenvalue weighted by molar-refractivity contribution is 7.98. The predicted octanol–water partition coefficient (Wildman–Crippen LogP) is 4.06. The summed E-state index contributed by atoms with van der Waals surface area (Å²) in [6, 6.07) is 3.74. The Kier molecular flexibility index (Phi) is 6.12. The lowest BCUT2D eigenvalue weighted by Crippen LogP contribution is -2.52. The van der Waals surface area contributed by atoms with Crippen LogP contribution < -0.4 is 9.64 Å². The molecule has 1 heterocycles. The van der Waals surface area contributed by atoms with Gasteiger partial charge in [0.1, 0.15) is 12.4 Å². The van der Waals surface area contributed by atoms with Gasteiger partial charge in [0.2, 0.25) is 0 Å². The largest absolute Gasteiger partial charge is 0.491 e. The average Bonchev–Trinajstić information content (AvgIpc) is 2.74. The Bertz CT molecular complexity index is 712. The van der Waals surface area contributed by atoms with Crippen molar-refractivity contribution < 1.29 is 23.4 Å². The number of halogens is 2. The number of carboxylic acid groups (broad SMARTS) is 1. The van der Waals surface area contributed by atoms with Crippen LogP contribution in [0.15, 0.2) is 21.9 Å². The van der Waals surface area contributed by atoms with Gasteiger partial charge < -0.3 is 14.7 Å². The number of hydrogen-bond donors (Lipinski definition) is 1. The fourth-order valence-electron chi connectivity index (χ4n) is 3.20. The van der Waals surface area contributed by atoms with Crippen molar-refractivity contribution >= 4 is 35.4 Å². The van der Waals surface area contributed by atoms with Crippen molar-refractivity contribution in [3.63, 3.8) is 0 Å². The van der Waals surface area contributed by atoms with Crippen LogP contribution in [0, 0.1) is 5.92 Å². The van der Waals surface area contributed by atoms with Crippen LogP contribution in [-0.4, -0.2) is 60.3 Å². The zero-order chi connectivity index (χ0) is 19.8. The number of rotatable bonds is 6. The number of nitrogens with zero attached hydrogens (tertiary/aromatic N) is 2. The summed E-state index contributed by atoms with van der Waals surface area (Å²) < 4.78 is 34.7. The van der Waals surface area contributed by atoms with Gasteiger partial charge in [-0.3, -0.25) is 4.79 Å². The highest BCUT2D eigenvalue weighted by atomic mass is 32.2. The third-order valence-electron chi connectivity index (χ3n) is 4.88. The van der Waals surface area contributed by atoms with Crippen LogP contribution in [0.2, 0.25) is 0 Å². The van der Waals surface area contributed by atoms with Gasteiger partial charge in [0.05, 0.1) is 21.4 Å². The second-order valence-corrected chi connectivity index (χ2v) is 9.17. The molecule has 9 heteroatoms. The molecule has 1 aromatic rings. The minimum Gasteiger partial charge on any atom is -0.491 e. The zero-order valence-electron chi connectivity index (χ0n) is 15.6. The van der Waals surface area contributed by atoms with Crippen molar-refractivity contribution in [3.8, 4) is 5.75 Å². The molecule has 1 atom stereocenters. The number of alkyl halides is 2. The number of anilines is 1. The molecular weight excluding hydrogens is 394 g/mol. The lowest BCUT2D eigenvalue weighted by Gasteiger charge is -2.43. The minimum absolute atomic E-state index is 0.0841. The molecule has 0 saturated heterocycles. The summed E-state index contributed by atoms with van der Waals surface area (Å²) in [5.74, 6) is -3.44. The second kappa shape index (κ2) is 8.05. The van der Waals surface area contributed by atoms with Gasteiger partial charge in [0.15, 0.2) is 0 Å². The number of fused-ring (bicyclic) bond motifs is 1. The summed E-state index contributed by atoms with van der Waals surface area (Å²) in [4.78, 5) is 15.0. The standard InChI is InChI=1S/C18H24F2N2O3S2/c1-11(17(23)24)10-25-14-7-15-13(6-16(14)26-3)22(5-4-21(2)27-15)12-8-18(19,20)9-12/h6-7,11-12H,4-5,8-10H2,1-3H3,(H,23,24). The molecule has 0 bridgehead atoms. The van der Waals surface area contributed by atoms with E-state index in [4.69, 9.17) is 9.84 Å². The molecule has 0 spiro atoms. The molecule has 27 heavy (non-hydrogen) atoms. The van der Waals surface area contributed by atoms with Crippen molar-refractivity contribution in [1.29, 1.82) is 0 Å². The SMILES string of the molecule is CSc1cc2c(cc1OCC(C)C(=O)O)SN(C)CCN2C1CC(F)(F)C1. The van der Waals surface area contributed by atoms with Gasteiger partial charge in [-0.25, -0.2) is 13.1 Å². The zero-order valence-corrected chi connectivity index (χ0v) is 17.2. The first-order valence-electron chi connectivity index (χ1n) is 8.81. The summed E-state index contributed by atoms with van der Waals surface area (Å²) in [5.41, 5.74) is 0.952. The van der Waals surface area contributed by atoms with E-state index >= 15 is 0 Å². The van der Waals surface area contributed by atoms with E-state index in [1.165, 1.54) is 11.8 Å². The second-order valence-electron chi connectivity index (χ2n) is 7.08. The highest BCUT2D eigenvalue weighted by Crippen LogP contribution is 2.47. The van der Waals surface area contributed by atoms with Gasteiger partial charge in [0, 0.05) is 32.0 Å². The fourth-order valence-corrected chi connectivity index (χ4v) is 4.69. The molecular formula is C18H24F2N2O3S2. The molecule has 150 valence electrons. The Labute approximate surface area is 166 Å². The molecule has 2 aliphatic rings. The normalized spacial score (nSPS) is 21.1. The molecule has 1 unspecified atom stereocenters. The summed E-state index contributed by atoms with van der Waals surface area (Å²) in [7, 11) is 1.98. The Balaban J connectivity index is 1.89. The van der Waals surface area contributed by atoms with Gasteiger partial charge in [-0.15, -0.1) is 11.8 Å². The van der Waals surface area contributed by atoms with Gasteiger partial charge in [-0.2, -0.15) is 0 Å². The lowest BCUT2D eigenvalue weighted by atomic mass is 9.86. The van der Waals surface area contributed by atoms with Gasteiger partial charge in [-0.05, 0) is 44.3 Å². The van der Waals surface area contributed by atoms with Crippen molar-refractivity contribution in [2.45, 2.75) is 41.5 Å². The van der Waals surface area contributed by atoms with Crippen molar-refractivity contribution in [2.24, 2.45) is 5.92 Å². The van der Waals surface area contributed by atoms with Crippen molar-refractivity contribution in [3.05, 3.63) is 12.1 Å². The number of carboxylic acids is 1. The topological polar surface area (TPSA) is 53.0 Å². The lowest BCUT2D eigenvalue weighted by molar-refractivity contribution is -0.142. The van der Waals surface area contributed by atoms with Crippen LogP contribution in [0.1, 0.15) is 19.8 Å². The van der Waals surface area contributed by atoms with E-state index < -0.39 is 17.8 Å². The minimum atomic E-state index is -2.56. The number of thioether (sulfide) groups is 1. The summed E-state index contributed by atoms with van der Waals surface area (Å²) in [5, 5.41) is 9.06. The highest BCUT2D eigenvalue weighted by Gasteiger charge is 2.48. The first-order valence-corrected chi connectivity index (χ1v) is 10.8. The van der Waals surface area contributed by atoms with Crippen LogP contribution in [0.25, 0.3) is 0 Å². The molecule has 1 aliphatic carbocycles. The summed E-state index contributed by atoms with van der Waals surface area (Å²) in [6.45, 7) is 3.15. The fraction of sp³-hybridized carbons (Fsp3) is 0.611. The maximum Gasteiger partial charge on any atom is 0.309 e. The molecule has 0 radical (unpaired) electrons. The van der Waals surface area contributed by atoms with E-state index in [1.807, 2.05) is 25.4 Å². The van der Waals surface area contributed by atoms with Crippen LogP contribution in [0.5, 0.6) is 5.75 Å². The van der Waals surface area contributed by atoms with Crippen LogP contribution in [0.3, 0.4) is 0 Å². The molecule has 1 aromatic carbocycles. The third kappa shape index (κ3) is 4.63. The third-order valence-corrected chi connectivity index (χ3v) is 6.66. The number of hydrogen-bond acceptors (Lipinski definition) is 6. The summed E-state index contributed by atoms with van der Waals surface area (Å²) in [6.07, 6.45) is 1.71. The van der Waals surface area contributed by atoms with E-state index in [9.17, 15) is 13.6 Å². The summed E-state index contributed by atoms with van der Waals surface area (Å²) >= 11 is 3.07. The maximum atomic E-state index is 13.4. The molecule has 0 amide bonds. The molecule has 5 nitrogen and oxygen atoms in total. The Hall–Kier alpha value is -1.19. The number of likely N-dealkylation sites (N-methyl/N-ethyl adjacent to an activating group) is 1. The monoisotopic (exact) mass is 418 g/mol. The Morgan fingerprint density at radius 3 is 2.74 bits per heavy atom. The quantitative estimate of drug-likeness (QED) is 0.552. The maximum absolute atomic E-state index is 13.4. The van der Waals surface area contributed by atoms with Crippen molar-refractivity contribution in [1.82, 2.24) is 4.31 Å². The number of benzene rings is 1. The molecule has 0 aromatic heterocycles. The number of ether oxygens (including phenoxy) is 1. The van der Waals surface area contributed by atoms with Crippen LogP contribution >= 0.6 is 23.7 Å². The number of aliphatic carboxylic acids is 1. The molecule has 1 saturated carbocycles. The van der Waals surface area contributed by atoms with Gasteiger partial charge in [-0.1, -0.05) is 0 Å². The molecule has 1 fully saturated rings. The average molecular weight is 419 g/mol. The van der Waals surface area contributed by atoms with Crippen LogP contribution in [-0.2, 0) is 4.79 Å². The van der Waals surface area contributed by atoms with Crippen molar-refractivity contribution in [2.75, 3.05) is 37.9 Å². The Morgan fingerprint density at radius 2 is 2.15 bits per heavy atom. The molecule has 1 N–H and O–H groups in total. The molecule has 3 rings (SSSR count). The van der Waals surface area contributed by atoms with E-state index in [0.29, 0.717) is 12.3 Å². The first kappa shape index (κ1) is 20.5. The van der Waals surface area contributed by atoms with Gasteiger partial charge >= 0.3 is 5.97 Å². The molecule has 1 aliphatic heterocycles. The smallest absolute Gasteiger partial charge is 0.309 e.